The molecule has 2 aliphatic carbocycles. The van der Waals surface area contributed by atoms with Crippen LogP contribution in [0.5, 0.6) is 0 Å². The van der Waals surface area contributed by atoms with Crippen molar-refractivity contribution in [2.45, 2.75) is 50.6 Å². The zero-order valence-electron chi connectivity index (χ0n) is 9.66. The molecule has 2 saturated carbocycles. The molecule has 1 heterocycles. The van der Waals surface area contributed by atoms with Gasteiger partial charge in [0.25, 0.3) is 0 Å². The lowest BCUT2D eigenvalue weighted by atomic mass is 9.94. The molecule has 4 nitrogen and oxygen atoms in total. The summed E-state index contributed by atoms with van der Waals surface area (Å²) in [4.78, 5) is 26.1. The molecule has 1 N–H and O–H groups in total. The summed E-state index contributed by atoms with van der Waals surface area (Å²) in [6.07, 6.45) is 4.83. The molecule has 1 saturated heterocycles. The Morgan fingerprint density at radius 3 is 2.50 bits per heavy atom. The third-order valence-electron chi connectivity index (χ3n) is 4.07. The van der Waals surface area contributed by atoms with E-state index in [0.717, 1.165) is 25.7 Å². The van der Waals surface area contributed by atoms with Crippen LogP contribution in [0.15, 0.2) is 0 Å². The fourth-order valence-corrected chi connectivity index (χ4v) is 2.70. The predicted molar refractivity (Wildman–Crippen MR) is 58.6 cm³/mol. The highest BCUT2D eigenvalue weighted by Gasteiger charge is 2.52. The van der Waals surface area contributed by atoms with Crippen LogP contribution in [-0.2, 0) is 9.59 Å². The topological polar surface area (TPSA) is 49.4 Å². The zero-order valence-corrected chi connectivity index (χ0v) is 9.66. The van der Waals surface area contributed by atoms with E-state index in [4.69, 9.17) is 0 Å². The molecule has 0 aromatic carbocycles. The van der Waals surface area contributed by atoms with Gasteiger partial charge in [0.15, 0.2) is 0 Å². The third kappa shape index (κ3) is 1.51. The Bertz CT molecular complexity index is 347. The largest absolute Gasteiger partial charge is 0.342 e. The fourth-order valence-electron chi connectivity index (χ4n) is 2.70. The minimum atomic E-state index is -0.615. The molecule has 4 heteroatoms. The Morgan fingerprint density at radius 2 is 1.94 bits per heavy atom. The van der Waals surface area contributed by atoms with Crippen molar-refractivity contribution in [2.75, 3.05) is 6.54 Å². The summed E-state index contributed by atoms with van der Waals surface area (Å²) < 4.78 is 0. The second-order valence-electron chi connectivity index (χ2n) is 5.50. The highest BCUT2D eigenvalue weighted by Crippen LogP contribution is 2.42. The molecule has 0 radical (unpaired) electrons. The summed E-state index contributed by atoms with van der Waals surface area (Å²) in [5.41, 5.74) is -0.615. The van der Waals surface area contributed by atoms with Gasteiger partial charge in [-0.15, -0.1) is 0 Å². The standard InChI is InChI=1S/C12H18N2O2/c1-12(8-2-3-8)11(16)14(9-4-5-9)7-6-10(15)13-12/h8-9H,2-7H2,1H3,(H,13,15). The minimum absolute atomic E-state index is 0.0332. The van der Waals surface area contributed by atoms with Crippen molar-refractivity contribution in [1.82, 2.24) is 10.2 Å². The van der Waals surface area contributed by atoms with Gasteiger partial charge in [0, 0.05) is 19.0 Å². The van der Waals surface area contributed by atoms with Gasteiger partial charge in [-0.05, 0) is 38.5 Å². The molecule has 3 aliphatic rings. The van der Waals surface area contributed by atoms with Gasteiger partial charge in [-0.1, -0.05) is 0 Å². The highest BCUT2D eigenvalue weighted by molar-refractivity contribution is 5.94. The summed E-state index contributed by atoms with van der Waals surface area (Å²) in [5.74, 6) is 0.553. The predicted octanol–water partition coefficient (Wildman–Crippen LogP) is 0.666. The average molecular weight is 222 g/mol. The summed E-state index contributed by atoms with van der Waals surface area (Å²) in [6, 6.07) is 0.415. The van der Waals surface area contributed by atoms with E-state index >= 15 is 0 Å². The number of carbonyl (C=O) groups excluding carboxylic acids is 2. The molecule has 1 atom stereocenters. The molecule has 2 amide bonds. The monoisotopic (exact) mass is 222 g/mol. The van der Waals surface area contributed by atoms with Crippen LogP contribution in [0.3, 0.4) is 0 Å². The van der Waals surface area contributed by atoms with E-state index in [1.807, 2.05) is 11.8 Å². The first-order chi connectivity index (χ1) is 7.61. The quantitative estimate of drug-likeness (QED) is 0.746. The van der Waals surface area contributed by atoms with Crippen LogP contribution >= 0.6 is 0 Å². The number of nitrogens with one attached hydrogen (secondary N) is 1. The molecule has 16 heavy (non-hydrogen) atoms. The maximum absolute atomic E-state index is 12.5. The first kappa shape index (κ1) is 10.1. The van der Waals surface area contributed by atoms with E-state index in [1.54, 1.807) is 0 Å². The number of hydrogen-bond acceptors (Lipinski definition) is 2. The number of carbonyl (C=O) groups is 2. The Kier molecular flexibility index (Phi) is 2.03. The Balaban J connectivity index is 1.88. The molecule has 0 spiro atoms. The first-order valence-corrected chi connectivity index (χ1v) is 6.23. The lowest BCUT2D eigenvalue weighted by molar-refractivity contribution is -0.139. The third-order valence-corrected chi connectivity index (χ3v) is 4.07. The van der Waals surface area contributed by atoms with Crippen molar-refractivity contribution in [3.63, 3.8) is 0 Å². The van der Waals surface area contributed by atoms with Crippen molar-refractivity contribution in [1.29, 1.82) is 0 Å². The number of nitrogens with zero attached hydrogens (tertiary/aromatic N) is 1. The Hall–Kier alpha value is -1.06. The van der Waals surface area contributed by atoms with Crippen LogP contribution in [0.1, 0.15) is 39.0 Å². The van der Waals surface area contributed by atoms with Crippen LogP contribution in [0.4, 0.5) is 0 Å². The van der Waals surface area contributed by atoms with Gasteiger partial charge in [0.1, 0.15) is 5.54 Å². The van der Waals surface area contributed by atoms with Gasteiger partial charge in [-0.3, -0.25) is 9.59 Å². The SMILES string of the molecule is CC1(C2CC2)NC(=O)CCN(C2CC2)C1=O. The van der Waals surface area contributed by atoms with Gasteiger partial charge in [0.05, 0.1) is 0 Å². The molecule has 0 bridgehead atoms. The highest BCUT2D eigenvalue weighted by atomic mass is 16.2. The summed E-state index contributed by atoms with van der Waals surface area (Å²) >= 11 is 0. The average Bonchev–Trinajstić information content (AvgIpc) is 3.03. The molecule has 0 aromatic heterocycles. The van der Waals surface area contributed by atoms with E-state index in [0.29, 0.717) is 24.9 Å². The maximum atomic E-state index is 12.5. The first-order valence-electron chi connectivity index (χ1n) is 6.23. The molecule has 0 aromatic rings. The van der Waals surface area contributed by atoms with E-state index < -0.39 is 5.54 Å². The molecule has 88 valence electrons. The zero-order chi connectivity index (χ0) is 11.3. The number of rotatable bonds is 2. The summed E-state index contributed by atoms with van der Waals surface area (Å²) in [5, 5.41) is 2.95. The molecule has 1 aliphatic heterocycles. The van der Waals surface area contributed by atoms with Crippen LogP contribution in [0.2, 0.25) is 0 Å². The lowest BCUT2D eigenvalue weighted by Gasteiger charge is -2.32. The van der Waals surface area contributed by atoms with Gasteiger partial charge >= 0.3 is 0 Å². The van der Waals surface area contributed by atoms with Crippen molar-refractivity contribution in [3.8, 4) is 0 Å². The number of hydrogen-bond donors (Lipinski definition) is 1. The molecule has 1 unspecified atom stereocenters. The molecule has 3 fully saturated rings. The van der Waals surface area contributed by atoms with Gasteiger partial charge < -0.3 is 10.2 Å². The second-order valence-corrected chi connectivity index (χ2v) is 5.50. The van der Waals surface area contributed by atoms with Crippen LogP contribution in [-0.4, -0.2) is 34.8 Å². The van der Waals surface area contributed by atoms with Gasteiger partial charge in [0.2, 0.25) is 11.8 Å². The lowest BCUT2D eigenvalue weighted by Crippen LogP contribution is -2.57. The fraction of sp³-hybridized carbons (Fsp3) is 0.833. The van der Waals surface area contributed by atoms with Crippen LogP contribution in [0, 0.1) is 5.92 Å². The molecular formula is C12H18N2O2. The van der Waals surface area contributed by atoms with Crippen molar-refractivity contribution in [3.05, 3.63) is 0 Å². The van der Waals surface area contributed by atoms with E-state index in [1.165, 1.54) is 0 Å². The maximum Gasteiger partial charge on any atom is 0.248 e. The summed E-state index contributed by atoms with van der Waals surface area (Å²) in [7, 11) is 0. The smallest absolute Gasteiger partial charge is 0.248 e. The molecular weight excluding hydrogens is 204 g/mol. The van der Waals surface area contributed by atoms with E-state index in [9.17, 15) is 9.59 Å². The van der Waals surface area contributed by atoms with E-state index in [2.05, 4.69) is 5.32 Å². The molecule has 3 rings (SSSR count). The van der Waals surface area contributed by atoms with Crippen molar-refractivity contribution < 1.29 is 9.59 Å². The Morgan fingerprint density at radius 1 is 1.25 bits per heavy atom. The van der Waals surface area contributed by atoms with Crippen molar-refractivity contribution >= 4 is 11.8 Å². The second kappa shape index (κ2) is 3.22. The van der Waals surface area contributed by atoms with Gasteiger partial charge in [-0.25, -0.2) is 0 Å². The number of amides is 2. The van der Waals surface area contributed by atoms with Crippen molar-refractivity contribution in [2.24, 2.45) is 5.92 Å². The van der Waals surface area contributed by atoms with Gasteiger partial charge in [-0.2, -0.15) is 0 Å². The van der Waals surface area contributed by atoms with E-state index in [-0.39, 0.29) is 11.8 Å². The summed E-state index contributed by atoms with van der Waals surface area (Å²) in [6.45, 7) is 2.52. The normalized spacial score (nSPS) is 35.9. The van der Waals surface area contributed by atoms with Crippen LogP contribution in [0.25, 0.3) is 0 Å². The Labute approximate surface area is 95.4 Å². The minimum Gasteiger partial charge on any atom is -0.342 e. The van der Waals surface area contributed by atoms with Crippen LogP contribution < -0.4 is 5.32 Å².